The molecule has 0 bridgehead atoms. The summed E-state index contributed by atoms with van der Waals surface area (Å²) in [5.41, 5.74) is 1.16. The first-order chi connectivity index (χ1) is 12.3. The van der Waals surface area contributed by atoms with E-state index in [9.17, 15) is 22.8 Å². The van der Waals surface area contributed by atoms with Crippen LogP contribution >= 0.6 is 11.8 Å². The molecule has 6 nitrogen and oxygen atoms in total. The lowest BCUT2D eigenvalue weighted by atomic mass is 10.1. The summed E-state index contributed by atoms with van der Waals surface area (Å²) in [5.74, 6) is -1.36. The van der Waals surface area contributed by atoms with Crippen LogP contribution in [0.1, 0.15) is 29.0 Å². The zero-order chi connectivity index (χ0) is 18.9. The molecule has 2 aromatic rings. The number of hydrogen-bond acceptors (Lipinski definition) is 5. The highest BCUT2D eigenvalue weighted by Gasteiger charge is 2.37. The van der Waals surface area contributed by atoms with Gasteiger partial charge in [0.25, 0.3) is 0 Å². The van der Waals surface area contributed by atoms with Crippen molar-refractivity contribution >= 4 is 29.1 Å². The molecule has 1 fully saturated rings. The van der Waals surface area contributed by atoms with Gasteiger partial charge >= 0.3 is 6.18 Å². The first-order valence-electron chi connectivity index (χ1n) is 7.80. The van der Waals surface area contributed by atoms with Crippen LogP contribution in [-0.2, 0) is 18.0 Å². The van der Waals surface area contributed by atoms with Gasteiger partial charge in [0, 0.05) is 31.3 Å². The Morgan fingerprint density at radius 3 is 2.46 bits per heavy atom. The zero-order valence-corrected chi connectivity index (χ0v) is 14.6. The second-order valence-electron chi connectivity index (χ2n) is 5.77. The van der Waals surface area contributed by atoms with Crippen molar-refractivity contribution in [2.75, 3.05) is 17.2 Å². The summed E-state index contributed by atoms with van der Waals surface area (Å²) in [7, 11) is 1.21. The third-order valence-corrected chi connectivity index (χ3v) is 5.02. The Kier molecular flexibility index (Phi) is 5.03. The minimum absolute atomic E-state index is 0.0185. The molecule has 0 radical (unpaired) electrons. The number of halogens is 3. The molecule has 10 heteroatoms. The normalized spacial score (nSPS) is 14.9. The van der Waals surface area contributed by atoms with E-state index in [0.717, 1.165) is 28.4 Å². The Morgan fingerprint density at radius 2 is 1.92 bits per heavy atom. The standard InChI is InChI=1S/C16H15F3N4O2S/c1-22-14(16(17,18)19)20-21-15(22)26-9-12(24)10-4-6-11(7-5-10)23-8-2-3-13(23)25/h4-7H,2-3,8-9H2,1H3. The maximum absolute atomic E-state index is 12.7. The number of alkyl halides is 3. The molecule has 138 valence electrons. The Morgan fingerprint density at radius 1 is 1.23 bits per heavy atom. The third-order valence-electron chi connectivity index (χ3n) is 4.00. The first-order valence-corrected chi connectivity index (χ1v) is 8.79. The number of hydrogen-bond donors (Lipinski definition) is 0. The van der Waals surface area contributed by atoms with Crippen LogP contribution in [0.5, 0.6) is 0 Å². The van der Waals surface area contributed by atoms with Crippen LogP contribution < -0.4 is 4.90 Å². The Labute approximate surface area is 151 Å². The molecule has 0 spiro atoms. The summed E-state index contributed by atoms with van der Waals surface area (Å²) in [5, 5.41) is 6.62. The fraction of sp³-hybridized carbons (Fsp3) is 0.375. The third kappa shape index (κ3) is 3.74. The number of rotatable bonds is 5. The monoisotopic (exact) mass is 384 g/mol. The molecular formula is C16H15F3N4O2S. The largest absolute Gasteiger partial charge is 0.451 e. The summed E-state index contributed by atoms with van der Waals surface area (Å²) in [6.07, 6.45) is -3.25. The van der Waals surface area contributed by atoms with E-state index in [4.69, 9.17) is 0 Å². The van der Waals surface area contributed by atoms with Gasteiger partial charge in [-0.25, -0.2) is 0 Å². The lowest BCUT2D eigenvalue weighted by Crippen LogP contribution is -2.23. The quantitative estimate of drug-likeness (QED) is 0.586. The second kappa shape index (κ2) is 7.10. The highest BCUT2D eigenvalue weighted by Crippen LogP contribution is 2.30. The van der Waals surface area contributed by atoms with Gasteiger partial charge in [0.1, 0.15) is 0 Å². The van der Waals surface area contributed by atoms with Gasteiger partial charge in [-0.15, -0.1) is 10.2 Å². The molecule has 1 aromatic carbocycles. The van der Waals surface area contributed by atoms with Gasteiger partial charge in [0.15, 0.2) is 10.9 Å². The molecule has 1 saturated heterocycles. The van der Waals surface area contributed by atoms with Crippen molar-refractivity contribution in [2.45, 2.75) is 24.2 Å². The number of nitrogens with zero attached hydrogens (tertiary/aromatic N) is 4. The lowest BCUT2D eigenvalue weighted by Gasteiger charge is -2.15. The van der Waals surface area contributed by atoms with Gasteiger partial charge in [0.05, 0.1) is 5.75 Å². The molecular weight excluding hydrogens is 369 g/mol. The average Bonchev–Trinajstić information content (AvgIpc) is 3.18. The number of Topliss-reactive ketones (excluding diaryl/α,β-unsaturated/α-hetero) is 1. The van der Waals surface area contributed by atoms with E-state index in [1.165, 1.54) is 7.05 Å². The SMILES string of the molecule is Cn1c(SCC(=O)c2ccc(N3CCCC3=O)cc2)nnc1C(F)(F)F. The summed E-state index contributed by atoms with van der Waals surface area (Å²) in [6, 6.07) is 6.62. The molecule has 0 aliphatic carbocycles. The van der Waals surface area contributed by atoms with Crippen molar-refractivity contribution in [2.24, 2.45) is 7.05 Å². The molecule has 26 heavy (non-hydrogen) atoms. The van der Waals surface area contributed by atoms with Crippen molar-refractivity contribution < 1.29 is 22.8 Å². The van der Waals surface area contributed by atoms with E-state index in [-0.39, 0.29) is 22.6 Å². The van der Waals surface area contributed by atoms with Crippen LogP contribution in [0, 0.1) is 0 Å². The number of anilines is 1. The summed E-state index contributed by atoms with van der Waals surface area (Å²) < 4.78 is 38.9. The van der Waals surface area contributed by atoms with E-state index in [0.29, 0.717) is 18.5 Å². The number of benzene rings is 1. The topological polar surface area (TPSA) is 68.1 Å². The fourth-order valence-corrected chi connectivity index (χ4v) is 3.45. The predicted octanol–water partition coefficient (Wildman–Crippen LogP) is 2.94. The Balaban J connectivity index is 1.64. The molecule has 2 heterocycles. The Bertz CT molecular complexity index is 833. The van der Waals surface area contributed by atoms with Gasteiger partial charge in [-0.3, -0.25) is 9.59 Å². The Hall–Kier alpha value is -2.36. The molecule has 1 aliphatic heterocycles. The van der Waals surface area contributed by atoms with Gasteiger partial charge in [-0.1, -0.05) is 11.8 Å². The van der Waals surface area contributed by atoms with E-state index in [1.807, 2.05) is 0 Å². The smallest absolute Gasteiger partial charge is 0.312 e. The van der Waals surface area contributed by atoms with Crippen molar-refractivity contribution in [3.63, 3.8) is 0 Å². The molecule has 0 saturated carbocycles. The predicted molar refractivity (Wildman–Crippen MR) is 89.1 cm³/mol. The maximum atomic E-state index is 12.7. The van der Waals surface area contributed by atoms with Gasteiger partial charge < -0.3 is 9.47 Å². The van der Waals surface area contributed by atoms with Crippen LogP contribution in [0.15, 0.2) is 29.4 Å². The van der Waals surface area contributed by atoms with E-state index in [2.05, 4.69) is 10.2 Å². The summed E-state index contributed by atoms with van der Waals surface area (Å²) in [6.45, 7) is 0.662. The average molecular weight is 384 g/mol. The van der Waals surface area contributed by atoms with E-state index in [1.54, 1.807) is 29.2 Å². The van der Waals surface area contributed by atoms with Crippen molar-refractivity contribution in [3.05, 3.63) is 35.7 Å². The van der Waals surface area contributed by atoms with Crippen LogP contribution in [0.25, 0.3) is 0 Å². The minimum Gasteiger partial charge on any atom is -0.312 e. The minimum atomic E-state index is -4.59. The molecule has 3 rings (SSSR count). The van der Waals surface area contributed by atoms with Gasteiger partial charge in [0.2, 0.25) is 11.7 Å². The molecule has 1 aliphatic rings. The number of carbonyl (C=O) groups excluding carboxylic acids is 2. The number of thioether (sulfide) groups is 1. The van der Waals surface area contributed by atoms with Crippen LogP contribution in [-0.4, -0.2) is 38.8 Å². The van der Waals surface area contributed by atoms with Gasteiger partial charge in [-0.2, -0.15) is 13.2 Å². The highest BCUT2D eigenvalue weighted by atomic mass is 32.2. The molecule has 1 amide bonds. The summed E-state index contributed by atoms with van der Waals surface area (Å²) in [4.78, 5) is 25.6. The lowest BCUT2D eigenvalue weighted by molar-refractivity contribution is -0.147. The number of carbonyl (C=O) groups is 2. The second-order valence-corrected chi connectivity index (χ2v) is 6.71. The molecule has 1 aromatic heterocycles. The molecule has 0 atom stereocenters. The number of aromatic nitrogens is 3. The zero-order valence-electron chi connectivity index (χ0n) is 13.8. The molecule has 0 unspecified atom stereocenters. The van der Waals surface area contributed by atoms with Crippen molar-refractivity contribution in [3.8, 4) is 0 Å². The van der Waals surface area contributed by atoms with Crippen LogP contribution in [0.4, 0.5) is 18.9 Å². The van der Waals surface area contributed by atoms with E-state index >= 15 is 0 Å². The number of ketones is 1. The maximum Gasteiger partial charge on any atom is 0.451 e. The first kappa shape index (κ1) is 18.4. The van der Waals surface area contributed by atoms with Crippen LogP contribution in [0.3, 0.4) is 0 Å². The number of amides is 1. The molecule has 0 N–H and O–H groups in total. The van der Waals surface area contributed by atoms with Crippen molar-refractivity contribution in [1.82, 2.24) is 14.8 Å². The van der Waals surface area contributed by atoms with Crippen molar-refractivity contribution in [1.29, 1.82) is 0 Å². The van der Waals surface area contributed by atoms with Gasteiger partial charge in [-0.05, 0) is 30.7 Å². The highest BCUT2D eigenvalue weighted by molar-refractivity contribution is 7.99. The van der Waals surface area contributed by atoms with E-state index < -0.39 is 12.0 Å². The fourth-order valence-electron chi connectivity index (χ4n) is 2.65. The van der Waals surface area contributed by atoms with Crippen LogP contribution in [0.2, 0.25) is 0 Å². The summed E-state index contributed by atoms with van der Waals surface area (Å²) >= 11 is 0.892.